The van der Waals surface area contributed by atoms with Crippen LogP contribution in [0.5, 0.6) is 0 Å². The van der Waals surface area contributed by atoms with E-state index in [1.165, 1.54) is 24.0 Å². The van der Waals surface area contributed by atoms with Crippen molar-refractivity contribution >= 4 is 11.6 Å². The number of rotatable bonds is 3. The number of halogens is 1. The first kappa shape index (κ1) is 13.0. The van der Waals surface area contributed by atoms with Gasteiger partial charge >= 0.3 is 0 Å². The minimum atomic E-state index is -0.250. The van der Waals surface area contributed by atoms with Crippen molar-refractivity contribution in [2.24, 2.45) is 5.41 Å². The Morgan fingerprint density at radius 1 is 1.06 bits per heavy atom. The molecule has 0 heterocycles. The lowest BCUT2D eigenvalue weighted by molar-refractivity contribution is 0.327. The van der Waals surface area contributed by atoms with Gasteiger partial charge in [-0.1, -0.05) is 45.0 Å². The zero-order chi connectivity index (χ0) is 12.7. The molecule has 0 N–H and O–H groups in total. The molecule has 1 atom stereocenters. The average molecular weight is 251 g/mol. The summed E-state index contributed by atoms with van der Waals surface area (Å²) in [5.41, 5.74) is 2.99. The van der Waals surface area contributed by atoms with E-state index < -0.39 is 0 Å². The Kier molecular flexibility index (Phi) is 3.29. The monoisotopic (exact) mass is 250 g/mol. The fourth-order valence-electron chi connectivity index (χ4n) is 2.62. The highest BCUT2D eigenvalue weighted by atomic mass is 35.5. The van der Waals surface area contributed by atoms with Gasteiger partial charge in [0.25, 0.3) is 0 Å². The molecule has 1 saturated carbocycles. The van der Waals surface area contributed by atoms with E-state index in [2.05, 4.69) is 52.0 Å². The van der Waals surface area contributed by atoms with Gasteiger partial charge in [-0.2, -0.15) is 0 Å². The van der Waals surface area contributed by atoms with Crippen molar-refractivity contribution in [2.45, 2.75) is 57.7 Å². The van der Waals surface area contributed by atoms with Crippen LogP contribution in [0.3, 0.4) is 0 Å². The Morgan fingerprint density at radius 3 is 2.00 bits per heavy atom. The SMILES string of the molecule is CC(C)(C)CC(C)(Cl)c1ccc(C2CC2)cc1. The Balaban J connectivity index is 2.14. The normalized spacial score (nSPS) is 20.1. The lowest BCUT2D eigenvalue weighted by Gasteiger charge is -2.31. The Hall–Kier alpha value is -0.490. The second kappa shape index (κ2) is 4.31. The largest absolute Gasteiger partial charge is 0.114 e. The van der Waals surface area contributed by atoms with Crippen LogP contribution >= 0.6 is 11.6 Å². The van der Waals surface area contributed by atoms with Crippen LogP contribution in [0.1, 0.15) is 64.0 Å². The topological polar surface area (TPSA) is 0 Å². The van der Waals surface area contributed by atoms with Crippen LogP contribution in [0.25, 0.3) is 0 Å². The summed E-state index contributed by atoms with van der Waals surface area (Å²) in [5.74, 6) is 0.827. The molecule has 0 radical (unpaired) electrons. The van der Waals surface area contributed by atoms with Gasteiger partial charge in [0.2, 0.25) is 0 Å². The average Bonchev–Trinajstić information content (AvgIpc) is 2.97. The smallest absolute Gasteiger partial charge is 0.0671 e. The quantitative estimate of drug-likeness (QED) is 0.626. The van der Waals surface area contributed by atoms with Crippen molar-refractivity contribution in [1.82, 2.24) is 0 Å². The molecule has 0 bridgehead atoms. The van der Waals surface area contributed by atoms with Crippen LogP contribution in [0.2, 0.25) is 0 Å². The highest BCUT2D eigenvalue weighted by molar-refractivity contribution is 6.23. The van der Waals surface area contributed by atoms with Gasteiger partial charge < -0.3 is 0 Å². The molecular formula is C16H23Cl. The van der Waals surface area contributed by atoms with Crippen molar-refractivity contribution in [3.63, 3.8) is 0 Å². The van der Waals surface area contributed by atoms with Crippen molar-refractivity contribution < 1.29 is 0 Å². The molecule has 0 aromatic heterocycles. The second-order valence-corrected chi connectivity index (χ2v) is 7.67. The fraction of sp³-hybridized carbons (Fsp3) is 0.625. The van der Waals surface area contributed by atoms with Gasteiger partial charge in [0, 0.05) is 0 Å². The minimum absolute atomic E-state index is 0.250. The van der Waals surface area contributed by atoms with E-state index in [1.54, 1.807) is 0 Å². The zero-order valence-electron chi connectivity index (χ0n) is 11.4. The van der Waals surface area contributed by atoms with Crippen molar-refractivity contribution in [3.8, 4) is 0 Å². The zero-order valence-corrected chi connectivity index (χ0v) is 12.1. The first-order valence-electron chi connectivity index (χ1n) is 6.57. The molecule has 1 aliphatic carbocycles. The predicted octanol–water partition coefficient (Wildman–Crippen LogP) is 5.45. The molecule has 1 aliphatic rings. The summed E-state index contributed by atoms with van der Waals surface area (Å²) in [4.78, 5) is -0.250. The van der Waals surface area contributed by atoms with Gasteiger partial charge in [-0.15, -0.1) is 11.6 Å². The Morgan fingerprint density at radius 2 is 1.59 bits per heavy atom. The summed E-state index contributed by atoms with van der Waals surface area (Å²) >= 11 is 6.69. The van der Waals surface area contributed by atoms with Gasteiger partial charge in [-0.25, -0.2) is 0 Å². The van der Waals surface area contributed by atoms with E-state index in [9.17, 15) is 0 Å². The van der Waals surface area contributed by atoms with Crippen molar-refractivity contribution in [3.05, 3.63) is 35.4 Å². The molecule has 1 unspecified atom stereocenters. The van der Waals surface area contributed by atoms with Crippen LogP contribution in [-0.4, -0.2) is 0 Å². The van der Waals surface area contributed by atoms with E-state index in [0.717, 1.165) is 12.3 Å². The van der Waals surface area contributed by atoms with E-state index in [-0.39, 0.29) is 10.3 Å². The maximum atomic E-state index is 6.69. The van der Waals surface area contributed by atoms with Crippen molar-refractivity contribution in [2.75, 3.05) is 0 Å². The molecule has 1 fully saturated rings. The van der Waals surface area contributed by atoms with Crippen LogP contribution in [-0.2, 0) is 4.87 Å². The lowest BCUT2D eigenvalue weighted by atomic mass is 9.81. The van der Waals surface area contributed by atoms with Gasteiger partial charge in [-0.3, -0.25) is 0 Å². The van der Waals surface area contributed by atoms with E-state index in [0.29, 0.717) is 0 Å². The fourth-order valence-corrected chi connectivity index (χ4v) is 3.14. The summed E-state index contributed by atoms with van der Waals surface area (Å²) < 4.78 is 0. The summed E-state index contributed by atoms with van der Waals surface area (Å²) in [6.45, 7) is 8.86. The first-order valence-corrected chi connectivity index (χ1v) is 6.95. The molecule has 1 heteroatoms. The maximum Gasteiger partial charge on any atom is 0.0671 e. The third kappa shape index (κ3) is 3.48. The summed E-state index contributed by atoms with van der Waals surface area (Å²) in [6.07, 6.45) is 3.71. The lowest BCUT2D eigenvalue weighted by Crippen LogP contribution is -2.22. The number of hydrogen-bond donors (Lipinski definition) is 0. The minimum Gasteiger partial charge on any atom is -0.114 e. The van der Waals surface area contributed by atoms with Crippen molar-refractivity contribution in [1.29, 1.82) is 0 Å². The van der Waals surface area contributed by atoms with Gasteiger partial charge in [-0.05, 0) is 48.6 Å². The number of alkyl halides is 1. The molecule has 1 aromatic carbocycles. The van der Waals surface area contributed by atoms with Crippen LogP contribution in [0.4, 0.5) is 0 Å². The van der Waals surface area contributed by atoms with E-state index in [4.69, 9.17) is 11.6 Å². The van der Waals surface area contributed by atoms with E-state index >= 15 is 0 Å². The highest BCUT2D eigenvalue weighted by Gasteiger charge is 2.30. The van der Waals surface area contributed by atoms with Crippen LogP contribution < -0.4 is 0 Å². The molecule has 17 heavy (non-hydrogen) atoms. The molecular weight excluding hydrogens is 228 g/mol. The third-order valence-corrected chi connectivity index (χ3v) is 3.78. The summed E-state index contributed by atoms with van der Waals surface area (Å²) in [5, 5.41) is 0. The standard InChI is InChI=1S/C16H23Cl/c1-15(2,3)11-16(4,17)14-9-7-13(8-10-14)12-5-6-12/h7-10,12H,5-6,11H2,1-4H3. The van der Waals surface area contributed by atoms with Gasteiger partial charge in [0.15, 0.2) is 0 Å². The molecule has 2 rings (SSSR count). The van der Waals surface area contributed by atoms with E-state index in [1.807, 2.05) is 0 Å². The van der Waals surface area contributed by atoms with Crippen LogP contribution in [0, 0.1) is 5.41 Å². The summed E-state index contributed by atoms with van der Waals surface area (Å²) in [6, 6.07) is 8.95. The first-order chi connectivity index (χ1) is 7.78. The summed E-state index contributed by atoms with van der Waals surface area (Å²) in [7, 11) is 0. The van der Waals surface area contributed by atoms with Crippen LogP contribution in [0.15, 0.2) is 24.3 Å². The Labute approximate surface area is 110 Å². The van der Waals surface area contributed by atoms with Gasteiger partial charge in [0.1, 0.15) is 0 Å². The highest BCUT2D eigenvalue weighted by Crippen LogP contribution is 2.43. The number of benzene rings is 1. The predicted molar refractivity (Wildman–Crippen MR) is 75.7 cm³/mol. The molecule has 0 aliphatic heterocycles. The molecule has 0 amide bonds. The van der Waals surface area contributed by atoms with Gasteiger partial charge in [0.05, 0.1) is 4.87 Å². The molecule has 0 nitrogen and oxygen atoms in total. The molecule has 94 valence electrons. The molecule has 0 spiro atoms. The third-order valence-electron chi connectivity index (χ3n) is 3.42. The second-order valence-electron chi connectivity index (χ2n) is 6.83. The number of hydrogen-bond acceptors (Lipinski definition) is 0. The Bertz CT molecular complexity index is 377. The maximum absolute atomic E-state index is 6.69. The molecule has 1 aromatic rings. The molecule has 0 saturated heterocycles.